The quantitative estimate of drug-likeness (QED) is 0.823. The van der Waals surface area contributed by atoms with Crippen LogP contribution in [0.2, 0.25) is 0 Å². The summed E-state index contributed by atoms with van der Waals surface area (Å²) in [6.45, 7) is 1.68. The molecule has 0 aromatic heterocycles. The molecule has 0 heterocycles. The molecule has 1 amide bonds. The summed E-state index contributed by atoms with van der Waals surface area (Å²) in [5.74, 6) is -1.00. The molecular formula is C17H19FN2O4S. The van der Waals surface area contributed by atoms with E-state index in [0.717, 1.165) is 12.3 Å². The molecule has 134 valence electrons. The van der Waals surface area contributed by atoms with Crippen LogP contribution in [0, 0.1) is 5.82 Å². The van der Waals surface area contributed by atoms with Gasteiger partial charge in [0.15, 0.2) is 0 Å². The van der Waals surface area contributed by atoms with Crippen molar-refractivity contribution in [3.8, 4) is 5.75 Å². The zero-order valence-electron chi connectivity index (χ0n) is 14.0. The highest BCUT2D eigenvalue weighted by atomic mass is 32.2. The van der Waals surface area contributed by atoms with E-state index >= 15 is 0 Å². The van der Waals surface area contributed by atoms with Crippen molar-refractivity contribution in [1.29, 1.82) is 0 Å². The van der Waals surface area contributed by atoms with Crippen LogP contribution in [0.3, 0.4) is 0 Å². The van der Waals surface area contributed by atoms with E-state index in [1.807, 2.05) is 0 Å². The maximum absolute atomic E-state index is 14.0. The minimum atomic E-state index is -3.46. The lowest BCUT2D eigenvalue weighted by Crippen LogP contribution is -2.28. The van der Waals surface area contributed by atoms with Gasteiger partial charge in [-0.3, -0.25) is 9.52 Å². The fourth-order valence-electron chi connectivity index (χ4n) is 2.33. The van der Waals surface area contributed by atoms with Crippen LogP contribution in [-0.2, 0) is 10.0 Å². The standard InChI is InChI=1S/C17H19FN2O4S/c1-11(13-6-4-5-7-16(13)20-25(3,22)23)19-17(21)14-9-8-12(24-2)10-15(14)18/h4-11,20H,1-3H3,(H,19,21). The number of hydrogen-bond acceptors (Lipinski definition) is 4. The molecule has 0 radical (unpaired) electrons. The number of carbonyl (C=O) groups excluding carboxylic acids is 1. The molecule has 25 heavy (non-hydrogen) atoms. The number of rotatable bonds is 6. The molecule has 2 aromatic rings. The van der Waals surface area contributed by atoms with Gasteiger partial charge < -0.3 is 10.1 Å². The topological polar surface area (TPSA) is 84.5 Å². The normalized spacial score (nSPS) is 12.3. The van der Waals surface area contributed by atoms with Crippen molar-refractivity contribution in [2.75, 3.05) is 18.1 Å². The number of carbonyl (C=O) groups is 1. The molecule has 0 saturated heterocycles. The largest absolute Gasteiger partial charge is 0.497 e. The van der Waals surface area contributed by atoms with Crippen molar-refractivity contribution in [2.24, 2.45) is 0 Å². The number of ether oxygens (including phenoxy) is 1. The van der Waals surface area contributed by atoms with Gasteiger partial charge in [0.05, 0.1) is 30.7 Å². The maximum Gasteiger partial charge on any atom is 0.254 e. The van der Waals surface area contributed by atoms with Gasteiger partial charge in [0, 0.05) is 6.07 Å². The number of para-hydroxylation sites is 1. The highest BCUT2D eigenvalue weighted by molar-refractivity contribution is 7.92. The number of sulfonamides is 1. The van der Waals surface area contributed by atoms with Crippen LogP contribution in [0.15, 0.2) is 42.5 Å². The van der Waals surface area contributed by atoms with Gasteiger partial charge in [-0.15, -0.1) is 0 Å². The molecule has 0 bridgehead atoms. The van der Waals surface area contributed by atoms with Crippen molar-refractivity contribution in [3.63, 3.8) is 0 Å². The second-order valence-corrected chi connectivity index (χ2v) is 7.25. The molecule has 0 saturated carbocycles. The molecule has 0 fully saturated rings. The highest BCUT2D eigenvalue weighted by Crippen LogP contribution is 2.24. The fourth-order valence-corrected chi connectivity index (χ4v) is 2.91. The van der Waals surface area contributed by atoms with Crippen molar-refractivity contribution in [2.45, 2.75) is 13.0 Å². The molecule has 1 atom stereocenters. The summed E-state index contributed by atoms with van der Waals surface area (Å²) in [7, 11) is -2.06. The molecule has 0 aliphatic heterocycles. The van der Waals surface area contributed by atoms with Gasteiger partial charge in [0.25, 0.3) is 5.91 Å². The lowest BCUT2D eigenvalue weighted by atomic mass is 10.1. The van der Waals surface area contributed by atoms with Gasteiger partial charge in [-0.2, -0.15) is 0 Å². The van der Waals surface area contributed by atoms with Gasteiger partial charge in [0.2, 0.25) is 10.0 Å². The minimum absolute atomic E-state index is 0.124. The molecule has 2 aromatic carbocycles. The molecule has 0 aliphatic carbocycles. The monoisotopic (exact) mass is 366 g/mol. The number of halogens is 1. The van der Waals surface area contributed by atoms with E-state index < -0.39 is 27.8 Å². The van der Waals surface area contributed by atoms with Gasteiger partial charge >= 0.3 is 0 Å². The van der Waals surface area contributed by atoms with Crippen LogP contribution in [-0.4, -0.2) is 27.7 Å². The Hall–Kier alpha value is -2.61. The van der Waals surface area contributed by atoms with Gasteiger partial charge in [-0.05, 0) is 30.7 Å². The molecule has 0 aliphatic rings. The summed E-state index contributed by atoms with van der Waals surface area (Å²) in [4.78, 5) is 12.3. The van der Waals surface area contributed by atoms with Crippen molar-refractivity contribution in [3.05, 3.63) is 59.4 Å². The first-order valence-electron chi connectivity index (χ1n) is 7.42. The summed E-state index contributed by atoms with van der Waals surface area (Å²) in [6.07, 6.45) is 1.04. The van der Waals surface area contributed by atoms with Crippen LogP contribution >= 0.6 is 0 Å². The van der Waals surface area contributed by atoms with Gasteiger partial charge in [0.1, 0.15) is 11.6 Å². The minimum Gasteiger partial charge on any atom is -0.497 e. The average Bonchev–Trinajstić information content (AvgIpc) is 2.53. The number of benzene rings is 2. The summed E-state index contributed by atoms with van der Waals surface area (Å²) >= 11 is 0. The SMILES string of the molecule is COc1ccc(C(=O)NC(C)c2ccccc2NS(C)(=O)=O)c(F)c1. The maximum atomic E-state index is 14.0. The zero-order valence-corrected chi connectivity index (χ0v) is 14.9. The van der Waals surface area contributed by atoms with E-state index in [1.54, 1.807) is 31.2 Å². The summed E-state index contributed by atoms with van der Waals surface area (Å²) in [5.41, 5.74) is 0.796. The molecular weight excluding hydrogens is 347 g/mol. The van der Waals surface area contributed by atoms with E-state index in [1.165, 1.54) is 19.2 Å². The van der Waals surface area contributed by atoms with E-state index in [-0.39, 0.29) is 5.56 Å². The Bertz CT molecular complexity index is 884. The average molecular weight is 366 g/mol. The fraction of sp³-hybridized carbons (Fsp3) is 0.235. The van der Waals surface area contributed by atoms with E-state index in [2.05, 4.69) is 10.0 Å². The predicted octanol–water partition coefficient (Wildman–Crippen LogP) is 2.70. The first-order chi connectivity index (χ1) is 11.7. The second-order valence-electron chi connectivity index (χ2n) is 5.50. The van der Waals surface area contributed by atoms with Crippen LogP contribution in [0.4, 0.5) is 10.1 Å². The Morgan fingerprint density at radius 2 is 1.88 bits per heavy atom. The van der Waals surface area contributed by atoms with Crippen molar-refractivity contribution < 1.29 is 22.3 Å². The highest BCUT2D eigenvalue weighted by Gasteiger charge is 2.18. The smallest absolute Gasteiger partial charge is 0.254 e. The first kappa shape index (κ1) is 18.7. The van der Waals surface area contributed by atoms with E-state index in [9.17, 15) is 17.6 Å². The van der Waals surface area contributed by atoms with Gasteiger partial charge in [-0.25, -0.2) is 12.8 Å². The van der Waals surface area contributed by atoms with Crippen molar-refractivity contribution >= 4 is 21.6 Å². The Kier molecular flexibility index (Phi) is 5.63. The molecule has 6 nitrogen and oxygen atoms in total. The molecule has 1 unspecified atom stereocenters. The van der Waals surface area contributed by atoms with Crippen LogP contribution in [0.25, 0.3) is 0 Å². The lowest BCUT2D eigenvalue weighted by Gasteiger charge is -2.18. The van der Waals surface area contributed by atoms with Gasteiger partial charge in [-0.1, -0.05) is 18.2 Å². The molecule has 0 spiro atoms. The molecule has 8 heteroatoms. The number of anilines is 1. The van der Waals surface area contributed by atoms with Crippen molar-refractivity contribution in [1.82, 2.24) is 5.32 Å². The zero-order chi connectivity index (χ0) is 18.6. The lowest BCUT2D eigenvalue weighted by molar-refractivity contribution is 0.0936. The Morgan fingerprint density at radius 3 is 2.48 bits per heavy atom. The Labute approximate surface area is 146 Å². The number of hydrogen-bond donors (Lipinski definition) is 2. The predicted molar refractivity (Wildman–Crippen MR) is 93.7 cm³/mol. The number of methoxy groups -OCH3 is 1. The number of nitrogens with one attached hydrogen (secondary N) is 2. The Balaban J connectivity index is 2.22. The van der Waals surface area contributed by atoms with Crippen LogP contribution in [0.1, 0.15) is 28.9 Å². The first-order valence-corrected chi connectivity index (χ1v) is 9.31. The van der Waals surface area contributed by atoms with E-state index in [0.29, 0.717) is 17.0 Å². The van der Waals surface area contributed by atoms with Crippen LogP contribution < -0.4 is 14.8 Å². The summed E-state index contributed by atoms with van der Waals surface area (Å²) in [5, 5.41) is 2.66. The Morgan fingerprint density at radius 1 is 1.20 bits per heavy atom. The summed E-state index contributed by atoms with van der Waals surface area (Å²) < 4.78 is 44.2. The van der Waals surface area contributed by atoms with E-state index in [4.69, 9.17) is 4.74 Å². The third kappa shape index (κ3) is 4.93. The van der Waals surface area contributed by atoms with Crippen LogP contribution in [0.5, 0.6) is 5.75 Å². The third-order valence-electron chi connectivity index (χ3n) is 3.49. The second kappa shape index (κ2) is 7.52. The summed E-state index contributed by atoms with van der Waals surface area (Å²) in [6, 6.07) is 10.1. The third-order valence-corrected chi connectivity index (χ3v) is 4.08. The molecule has 2 N–H and O–H groups in total. The molecule has 2 rings (SSSR count). The number of amides is 1.